The highest BCUT2D eigenvalue weighted by atomic mass is 32.1. The molecule has 4 heterocycles. The average molecular weight is 392 g/mol. The van der Waals surface area contributed by atoms with Crippen molar-refractivity contribution in [2.24, 2.45) is 0 Å². The SMILES string of the molecule is c1ccc(-n2cc(Nc3nc(NC4CCCCC4)c4sccc4n3)cn2)nc1. The second-order valence-electron chi connectivity index (χ2n) is 7.00. The molecule has 0 unspecified atom stereocenters. The molecule has 0 amide bonds. The Labute approximate surface area is 166 Å². The Bertz CT molecular complexity index is 1070. The van der Waals surface area contributed by atoms with Crippen molar-refractivity contribution in [1.82, 2.24) is 24.7 Å². The molecule has 1 aliphatic carbocycles. The lowest BCUT2D eigenvalue weighted by Gasteiger charge is -2.23. The van der Waals surface area contributed by atoms with E-state index in [0.717, 1.165) is 27.5 Å². The summed E-state index contributed by atoms with van der Waals surface area (Å²) in [6, 6.07) is 8.27. The van der Waals surface area contributed by atoms with Crippen molar-refractivity contribution in [3.05, 3.63) is 48.2 Å². The number of anilines is 3. The van der Waals surface area contributed by atoms with E-state index in [-0.39, 0.29) is 0 Å². The molecule has 0 bridgehead atoms. The minimum absolute atomic E-state index is 0.494. The van der Waals surface area contributed by atoms with Gasteiger partial charge in [-0.2, -0.15) is 10.1 Å². The Kier molecular flexibility index (Phi) is 4.62. The van der Waals surface area contributed by atoms with Crippen LogP contribution in [0.4, 0.5) is 17.5 Å². The van der Waals surface area contributed by atoms with Crippen molar-refractivity contribution in [3.63, 3.8) is 0 Å². The normalized spacial score (nSPS) is 15.0. The second kappa shape index (κ2) is 7.55. The maximum atomic E-state index is 4.77. The number of nitrogens with zero attached hydrogens (tertiary/aromatic N) is 5. The molecule has 2 N–H and O–H groups in total. The van der Waals surface area contributed by atoms with Gasteiger partial charge in [-0.3, -0.25) is 0 Å². The Morgan fingerprint density at radius 1 is 1.07 bits per heavy atom. The quantitative estimate of drug-likeness (QED) is 0.510. The first-order valence-corrected chi connectivity index (χ1v) is 10.5. The Hall–Kier alpha value is -3.00. The van der Waals surface area contributed by atoms with Crippen molar-refractivity contribution >= 4 is 39.0 Å². The molecule has 0 saturated heterocycles. The van der Waals surface area contributed by atoms with Gasteiger partial charge in [-0.15, -0.1) is 11.3 Å². The van der Waals surface area contributed by atoms with Gasteiger partial charge in [-0.1, -0.05) is 25.3 Å². The van der Waals surface area contributed by atoms with Crippen LogP contribution in [0.5, 0.6) is 0 Å². The average Bonchev–Trinajstić information content (AvgIpc) is 3.39. The number of aromatic nitrogens is 5. The summed E-state index contributed by atoms with van der Waals surface area (Å²) in [5.41, 5.74) is 1.78. The zero-order valence-corrected chi connectivity index (χ0v) is 16.2. The molecule has 0 spiro atoms. The summed E-state index contributed by atoms with van der Waals surface area (Å²) in [7, 11) is 0. The number of nitrogens with one attached hydrogen (secondary N) is 2. The predicted molar refractivity (Wildman–Crippen MR) is 113 cm³/mol. The summed E-state index contributed by atoms with van der Waals surface area (Å²) < 4.78 is 2.84. The molecule has 8 heteroatoms. The van der Waals surface area contributed by atoms with Crippen molar-refractivity contribution in [2.45, 2.75) is 38.1 Å². The van der Waals surface area contributed by atoms with Crippen LogP contribution in [-0.2, 0) is 0 Å². The zero-order chi connectivity index (χ0) is 18.8. The maximum absolute atomic E-state index is 4.77. The third kappa shape index (κ3) is 3.55. The van der Waals surface area contributed by atoms with Crippen LogP contribution < -0.4 is 10.6 Å². The Morgan fingerprint density at radius 3 is 2.86 bits per heavy atom. The molecule has 0 atom stereocenters. The van der Waals surface area contributed by atoms with Crippen LogP contribution in [0.2, 0.25) is 0 Å². The van der Waals surface area contributed by atoms with Crippen LogP contribution in [0.15, 0.2) is 48.2 Å². The molecule has 0 aliphatic heterocycles. The highest BCUT2D eigenvalue weighted by Crippen LogP contribution is 2.30. The van der Waals surface area contributed by atoms with Gasteiger partial charge in [0.25, 0.3) is 0 Å². The van der Waals surface area contributed by atoms with E-state index in [0.29, 0.717) is 12.0 Å². The summed E-state index contributed by atoms with van der Waals surface area (Å²) in [5.74, 6) is 2.26. The monoisotopic (exact) mass is 391 g/mol. The number of thiophene rings is 1. The van der Waals surface area contributed by atoms with Crippen LogP contribution in [-0.4, -0.2) is 30.8 Å². The topological polar surface area (TPSA) is 80.5 Å². The van der Waals surface area contributed by atoms with Crippen LogP contribution in [0, 0.1) is 0 Å². The molecule has 1 fully saturated rings. The van der Waals surface area contributed by atoms with Gasteiger partial charge >= 0.3 is 0 Å². The molecule has 4 aromatic rings. The fraction of sp³-hybridized carbons (Fsp3) is 0.300. The Morgan fingerprint density at radius 2 is 2.00 bits per heavy atom. The van der Waals surface area contributed by atoms with Crippen molar-refractivity contribution in [3.8, 4) is 5.82 Å². The van der Waals surface area contributed by atoms with Crippen molar-refractivity contribution < 1.29 is 0 Å². The lowest BCUT2D eigenvalue weighted by Crippen LogP contribution is -2.23. The van der Waals surface area contributed by atoms with Gasteiger partial charge in [0.05, 0.1) is 28.3 Å². The van der Waals surface area contributed by atoms with Crippen LogP contribution >= 0.6 is 11.3 Å². The highest BCUT2D eigenvalue weighted by Gasteiger charge is 2.17. The van der Waals surface area contributed by atoms with E-state index in [4.69, 9.17) is 4.98 Å². The number of rotatable bonds is 5. The third-order valence-corrected chi connectivity index (χ3v) is 5.88. The lowest BCUT2D eigenvalue weighted by atomic mass is 9.95. The molecule has 1 saturated carbocycles. The van der Waals surface area contributed by atoms with E-state index < -0.39 is 0 Å². The summed E-state index contributed by atoms with van der Waals surface area (Å²) >= 11 is 1.68. The van der Waals surface area contributed by atoms with Gasteiger partial charge in [-0.05, 0) is 36.4 Å². The smallest absolute Gasteiger partial charge is 0.229 e. The van der Waals surface area contributed by atoms with Gasteiger partial charge in [0, 0.05) is 12.2 Å². The van der Waals surface area contributed by atoms with Crippen LogP contribution in [0.25, 0.3) is 16.0 Å². The van der Waals surface area contributed by atoms with Gasteiger partial charge in [-0.25, -0.2) is 14.6 Å². The standard InChI is InChI=1S/C20H21N7S/c1-2-6-14(7-3-1)23-19-18-16(9-11-28-18)25-20(26-19)24-15-12-22-27(13-15)17-8-4-5-10-21-17/h4-5,8-14H,1-3,6-7H2,(H2,23,24,25,26). The van der Waals surface area contributed by atoms with Gasteiger partial charge < -0.3 is 10.6 Å². The minimum atomic E-state index is 0.494. The zero-order valence-electron chi connectivity index (χ0n) is 15.4. The third-order valence-electron chi connectivity index (χ3n) is 4.97. The minimum Gasteiger partial charge on any atom is -0.366 e. The van der Waals surface area contributed by atoms with E-state index in [9.17, 15) is 0 Å². The Balaban J connectivity index is 1.41. The van der Waals surface area contributed by atoms with Crippen LogP contribution in [0.1, 0.15) is 32.1 Å². The summed E-state index contributed by atoms with van der Waals surface area (Å²) in [4.78, 5) is 13.7. The first-order valence-electron chi connectivity index (χ1n) is 9.60. The fourth-order valence-corrected chi connectivity index (χ4v) is 4.37. The largest absolute Gasteiger partial charge is 0.366 e. The molecule has 7 nitrogen and oxygen atoms in total. The number of pyridine rings is 1. The molecule has 28 heavy (non-hydrogen) atoms. The molecule has 0 aromatic carbocycles. The van der Waals surface area contributed by atoms with Crippen molar-refractivity contribution in [2.75, 3.05) is 10.6 Å². The molecular weight excluding hydrogens is 370 g/mol. The molecule has 1 aliphatic rings. The molecule has 5 rings (SSSR count). The van der Waals surface area contributed by atoms with Gasteiger partial charge in [0.1, 0.15) is 5.82 Å². The van der Waals surface area contributed by atoms with Crippen molar-refractivity contribution in [1.29, 1.82) is 0 Å². The van der Waals surface area contributed by atoms with Gasteiger partial charge in [0.2, 0.25) is 5.95 Å². The summed E-state index contributed by atoms with van der Waals surface area (Å²) in [5, 5.41) is 13.4. The molecule has 4 aromatic heterocycles. The summed E-state index contributed by atoms with van der Waals surface area (Å²) in [6.07, 6.45) is 11.7. The predicted octanol–water partition coefficient (Wildman–Crippen LogP) is 4.76. The first-order chi connectivity index (χ1) is 13.8. The van der Waals surface area contributed by atoms with E-state index in [2.05, 4.69) is 31.1 Å². The van der Waals surface area contributed by atoms with Gasteiger partial charge in [0.15, 0.2) is 5.82 Å². The fourth-order valence-electron chi connectivity index (χ4n) is 3.59. The van der Waals surface area contributed by atoms with E-state index in [1.165, 1.54) is 32.1 Å². The highest BCUT2D eigenvalue weighted by molar-refractivity contribution is 7.17. The summed E-state index contributed by atoms with van der Waals surface area (Å²) in [6.45, 7) is 0. The van der Waals surface area contributed by atoms with E-state index >= 15 is 0 Å². The molecule has 142 valence electrons. The number of fused-ring (bicyclic) bond motifs is 1. The maximum Gasteiger partial charge on any atom is 0.229 e. The molecular formula is C20H21N7S. The second-order valence-corrected chi connectivity index (χ2v) is 7.91. The van der Waals surface area contributed by atoms with E-state index in [1.807, 2.05) is 30.5 Å². The van der Waals surface area contributed by atoms with E-state index in [1.54, 1.807) is 28.4 Å². The number of hydrogen-bond donors (Lipinski definition) is 2. The first kappa shape index (κ1) is 17.1. The van der Waals surface area contributed by atoms with Crippen LogP contribution in [0.3, 0.4) is 0 Å². The molecule has 0 radical (unpaired) electrons. The lowest BCUT2D eigenvalue weighted by molar-refractivity contribution is 0.462. The number of hydrogen-bond acceptors (Lipinski definition) is 7.